The molecule has 1 unspecified atom stereocenters. The Bertz CT molecular complexity index is 674. The number of aryl methyl sites for hydroxylation is 1. The van der Waals surface area contributed by atoms with E-state index in [4.69, 9.17) is 9.47 Å². The number of nitrogens with zero attached hydrogens (tertiary/aromatic N) is 1. The predicted molar refractivity (Wildman–Crippen MR) is 98.7 cm³/mol. The molecule has 134 valence electrons. The first kappa shape index (κ1) is 17.9. The topological polar surface area (TPSA) is 41.9 Å². The smallest absolute Gasteiger partial charge is 0.119 e. The second-order valence-corrected chi connectivity index (χ2v) is 6.63. The third kappa shape index (κ3) is 5.30. The minimum Gasteiger partial charge on any atom is -0.497 e. The molecular formula is C21H27NO3. The molecule has 25 heavy (non-hydrogen) atoms. The standard InChI is InChI=1S/C21H27NO3/c1-24-21-10-4-6-17(12-21)15-25-16-20(23)14-22-11-5-9-18-7-2-3-8-19(18)13-22/h2-4,6-8,10,12,20,23H,5,9,11,13-16H2,1H3. The van der Waals surface area contributed by atoms with Gasteiger partial charge in [0.2, 0.25) is 0 Å². The van der Waals surface area contributed by atoms with Crippen LogP contribution in [0.1, 0.15) is 23.1 Å². The summed E-state index contributed by atoms with van der Waals surface area (Å²) in [6.45, 7) is 3.39. The summed E-state index contributed by atoms with van der Waals surface area (Å²) in [7, 11) is 1.66. The molecular weight excluding hydrogens is 314 g/mol. The van der Waals surface area contributed by atoms with E-state index >= 15 is 0 Å². The summed E-state index contributed by atoms with van der Waals surface area (Å²) < 4.78 is 10.9. The van der Waals surface area contributed by atoms with Gasteiger partial charge >= 0.3 is 0 Å². The van der Waals surface area contributed by atoms with Gasteiger partial charge in [-0.3, -0.25) is 4.90 Å². The molecule has 0 spiro atoms. The summed E-state index contributed by atoms with van der Waals surface area (Å²) >= 11 is 0. The Morgan fingerprint density at radius 3 is 2.80 bits per heavy atom. The average molecular weight is 341 g/mol. The molecule has 1 heterocycles. The number of ether oxygens (including phenoxy) is 2. The first-order valence-electron chi connectivity index (χ1n) is 8.92. The molecule has 1 N–H and O–H groups in total. The Hall–Kier alpha value is -1.88. The molecule has 3 rings (SSSR count). The molecule has 0 fully saturated rings. The summed E-state index contributed by atoms with van der Waals surface area (Å²) in [4.78, 5) is 2.32. The van der Waals surface area contributed by atoms with Crippen molar-refractivity contribution in [1.29, 1.82) is 0 Å². The molecule has 0 radical (unpaired) electrons. The van der Waals surface area contributed by atoms with Crippen molar-refractivity contribution in [3.05, 3.63) is 65.2 Å². The van der Waals surface area contributed by atoms with Crippen LogP contribution < -0.4 is 4.74 Å². The number of fused-ring (bicyclic) bond motifs is 1. The molecule has 1 atom stereocenters. The molecule has 1 aliphatic heterocycles. The van der Waals surface area contributed by atoms with Crippen LogP contribution in [0.15, 0.2) is 48.5 Å². The molecule has 1 aliphatic rings. The van der Waals surface area contributed by atoms with Crippen LogP contribution in [0.3, 0.4) is 0 Å². The van der Waals surface area contributed by atoms with E-state index in [9.17, 15) is 5.11 Å². The fourth-order valence-electron chi connectivity index (χ4n) is 3.35. The van der Waals surface area contributed by atoms with Gasteiger partial charge in [-0.05, 0) is 48.2 Å². The maximum Gasteiger partial charge on any atom is 0.119 e. The number of aliphatic hydroxyl groups excluding tert-OH is 1. The van der Waals surface area contributed by atoms with Gasteiger partial charge in [-0.2, -0.15) is 0 Å². The zero-order valence-electron chi connectivity index (χ0n) is 14.9. The Labute approximate surface area is 150 Å². The van der Waals surface area contributed by atoms with E-state index in [1.807, 2.05) is 24.3 Å². The average Bonchev–Trinajstić information content (AvgIpc) is 2.83. The van der Waals surface area contributed by atoms with Gasteiger partial charge in [-0.1, -0.05) is 36.4 Å². The highest BCUT2D eigenvalue weighted by atomic mass is 16.5. The first-order valence-corrected chi connectivity index (χ1v) is 8.92. The third-order valence-electron chi connectivity index (χ3n) is 4.61. The Balaban J connectivity index is 1.45. The maximum absolute atomic E-state index is 10.3. The minimum absolute atomic E-state index is 0.343. The largest absolute Gasteiger partial charge is 0.497 e. The second kappa shape index (κ2) is 8.99. The van der Waals surface area contributed by atoms with Crippen molar-refractivity contribution >= 4 is 0 Å². The predicted octanol–water partition coefficient (Wildman–Crippen LogP) is 3.02. The highest BCUT2D eigenvalue weighted by Gasteiger charge is 2.17. The highest BCUT2D eigenvalue weighted by Crippen LogP contribution is 2.18. The monoisotopic (exact) mass is 341 g/mol. The lowest BCUT2D eigenvalue weighted by atomic mass is 10.0. The summed E-state index contributed by atoms with van der Waals surface area (Å²) in [6.07, 6.45) is 1.78. The molecule has 0 saturated heterocycles. The van der Waals surface area contributed by atoms with Gasteiger partial charge in [-0.15, -0.1) is 0 Å². The van der Waals surface area contributed by atoms with Crippen molar-refractivity contribution in [1.82, 2.24) is 4.90 Å². The number of benzene rings is 2. The lowest BCUT2D eigenvalue weighted by Crippen LogP contribution is -2.34. The maximum atomic E-state index is 10.3. The van der Waals surface area contributed by atoms with Crippen LogP contribution in [0.5, 0.6) is 5.75 Å². The van der Waals surface area contributed by atoms with Gasteiger partial charge in [0.05, 0.1) is 26.4 Å². The minimum atomic E-state index is -0.476. The second-order valence-electron chi connectivity index (χ2n) is 6.63. The molecule has 4 heteroatoms. The Kier molecular flexibility index (Phi) is 6.45. The zero-order chi connectivity index (χ0) is 17.5. The summed E-state index contributed by atoms with van der Waals surface area (Å²) in [5.74, 6) is 0.824. The molecule has 0 aromatic heterocycles. The number of methoxy groups -OCH3 is 1. The molecule has 2 aromatic carbocycles. The van der Waals surface area contributed by atoms with Gasteiger partial charge < -0.3 is 14.6 Å². The van der Waals surface area contributed by atoms with Crippen LogP contribution >= 0.6 is 0 Å². The van der Waals surface area contributed by atoms with Gasteiger partial charge in [0.25, 0.3) is 0 Å². The van der Waals surface area contributed by atoms with Gasteiger partial charge in [0.1, 0.15) is 5.75 Å². The number of β-amino-alcohol motifs (C(OH)–C–C–N with tert-alkyl or cyclic N) is 1. The Morgan fingerprint density at radius 1 is 1.12 bits per heavy atom. The number of rotatable bonds is 7. The van der Waals surface area contributed by atoms with Crippen molar-refractivity contribution in [2.75, 3.05) is 26.8 Å². The van der Waals surface area contributed by atoms with E-state index in [0.717, 1.165) is 37.2 Å². The van der Waals surface area contributed by atoms with E-state index < -0.39 is 6.10 Å². The van der Waals surface area contributed by atoms with Crippen molar-refractivity contribution in [2.24, 2.45) is 0 Å². The van der Waals surface area contributed by atoms with Crippen LogP contribution in [-0.4, -0.2) is 42.9 Å². The van der Waals surface area contributed by atoms with Gasteiger partial charge in [-0.25, -0.2) is 0 Å². The van der Waals surface area contributed by atoms with E-state index in [2.05, 4.69) is 29.2 Å². The van der Waals surface area contributed by atoms with Crippen molar-refractivity contribution < 1.29 is 14.6 Å². The third-order valence-corrected chi connectivity index (χ3v) is 4.61. The van der Waals surface area contributed by atoms with Crippen LogP contribution in [0, 0.1) is 0 Å². The first-order chi connectivity index (χ1) is 12.2. The lowest BCUT2D eigenvalue weighted by molar-refractivity contribution is 0.00877. The van der Waals surface area contributed by atoms with Crippen molar-refractivity contribution in [3.8, 4) is 5.75 Å². The van der Waals surface area contributed by atoms with Crippen LogP contribution in [-0.2, 0) is 24.3 Å². The fraction of sp³-hybridized carbons (Fsp3) is 0.429. The fourth-order valence-corrected chi connectivity index (χ4v) is 3.35. The van der Waals surface area contributed by atoms with E-state index in [1.165, 1.54) is 11.1 Å². The quantitative estimate of drug-likeness (QED) is 0.841. The molecule has 0 bridgehead atoms. The van der Waals surface area contributed by atoms with Crippen LogP contribution in [0.4, 0.5) is 0 Å². The molecule has 0 saturated carbocycles. The SMILES string of the molecule is COc1cccc(COCC(O)CN2CCCc3ccccc3C2)c1. The van der Waals surface area contributed by atoms with Crippen LogP contribution in [0.2, 0.25) is 0 Å². The number of hydrogen-bond donors (Lipinski definition) is 1. The number of hydrogen-bond acceptors (Lipinski definition) is 4. The van der Waals surface area contributed by atoms with Crippen molar-refractivity contribution in [3.63, 3.8) is 0 Å². The molecule has 2 aromatic rings. The lowest BCUT2D eigenvalue weighted by Gasteiger charge is -2.23. The number of aliphatic hydroxyl groups is 1. The van der Waals surface area contributed by atoms with Crippen molar-refractivity contribution in [2.45, 2.75) is 32.1 Å². The highest BCUT2D eigenvalue weighted by molar-refractivity contribution is 5.28. The van der Waals surface area contributed by atoms with Gasteiger partial charge in [0.15, 0.2) is 0 Å². The van der Waals surface area contributed by atoms with E-state index in [1.54, 1.807) is 7.11 Å². The van der Waals surface area contributed by atoms with E-state index in [0.29, 0.717) is 19.8 Å². The zero-order valence-corrected chi connectivity index (χ0v) is 14.9. The summed E-state index contributed by atoms with van der Waals surface area (Å²) in [5, 5.41) is 10.3. The van der Waals surface area contributed by atoms with Gasteiger partial charge in [0, 0.05) is 13.1 Å². The molecule has 0 aliphatic carbocycles. The molecule has 4 nitrogen and oxygen atoms in total. The Morgan fingerprint density at radius 2 is 1.96 bits per heavy atom. The summed E-state index contributed by atoms with van der Waals surface area (Å²) in [5.41, 5.74) is 3.87. The van der Waals surface area contributed by atoms with E-state index in [-0.39, 0.29) is 0 Å². The normalized spacial score (nSPS) is 16.1. The van der Waals surface area contributed by atoms with Crippen LogP contribution in [0.25, 0.3) is 0 Å². The summed E-state index contributed by atoms with van der Waals surface area (Å²) in [6, 6.07) is 16.4. The molecule has 0 amide bonds.